The largest absolute Gasteiger partial charge is 0.398 e. The third-order valence-electron chi connectivity index (χ3n) is 1.75. The van der Waals surface area contributed by atoms with Crippen molar-refractivity contribution >= 4 is 33.1 Å². The number of rotatable bonds is 3. The summed E-state index contributed by atoms with van der Waals surface area (Å²) in [6.07, 6.45) is 0. The van der Waals surface area contributed by atoms with Gasteiger partial charge in [0, 0.05) is 11.8 Å². The van der Waals surface area contributed by atoms with E-state index in [4.69, 9.17) is 5.73 Å². The summed E-state index contributed by atoms with van der Waals surface area (Å²) >= 11 is 2.84. The van der Waals surface area contributed by atoms with Crippen molar-refractivity contribution in [3.05, 3.63) is 33.6 Å². The molecule has 0 amide bonds. The molecule has 80 valence electrons. The summed E-state index contributed by atoms with van der Waals surface area (Å²) in [6, 6.07) is 2.06. The van der Waals surface area contributed by atoms with Crippen LogP contribution in [0.5, 0.6) is 0 Å². The van der Waals surface area contributed by atoms with Gasteiger partial charge in [-0.2, -0.15) is 4.39 Å². The highest BCUT2D eigenvalue weighted by Crippen LogP contribution is 2.26. The molecule has 0 aliphatic heterocycles. The van der Waals surface area contributed by atoms with Crippen LogP contribution in [0.1, 0.15) is 10.4 Å². The minimum absolute atomic E-state index is 0.109. The number of nitro benzene ring substituents is 1. The van der Waals surface area contributed by atoms with E-state index in [1.54, 1.807) is 0 Å². The average Bonchev–Trinajstić information content (AvgIpc) is 2.16. The number of Topliss-reactive ketones (excluding diaryl/α,β-unsaturated/α-hetero) is 1. The van der Waals surface area contributed by atoms with Gasteiger partial charge in [-0.05, 0) is 6.07 Å². The lowest BCUT2D eigenvalue weighted by molar-refractivity contribution is -0.387. The first-order valence-electron chi connectivity index (χ1n) is 3.80. The molecule has 0 saturated carbocycles. The van der Waals surface area contributed by atoms with E-state index in [1.807, 2.05) is 0 Å². The average molecular weight is 277 g/mol. The van der Waals surface area contributed by atoms with Crippen LogP contribution in [0.4, 0.5) is 15.8 Å². The van der Waals surface area contributed by atoms with Gasteiger partial charge < -0.3 is 5.73 Å². The number of hydrogen-bond acceptors (Lipinski definition) is 4. The van der Waals surface area contributed by atoms with Crippen molar-refractivity contribution < 1.29 is 14.1 Å². The zero-order valence-electron chi connectivity index (χ0n) is 7.37. The first-order valence-corrected chi connectivity index (χ1v) is 4.92. The fourth-order valence-corrected chi connectivity index (χ4v) is 1.35. The van der Waals surface area contributed by atoms with E-state index < -0.39 is 27.8 Å². The van der Waals surface area contributed by atoms with Crippen LogP contribution in [0, 0.1) is 15.9 Å². The number of anilines is 1. The van der Waals surface area contributed by atoms with Crippen molar-refractivity contribution in [3.63, 3.8) is 0 Å². The van der Waals surface area contributed by atoms with Crippen LogP contribution < -0.4 is 5.73 Å². The Morgan fingerprint density at radius 3 is 2.67 bits per heavy atom. The van der Waals surface area contributed by atoms with Crippen molar-refractivity contribution in [2.45, 2.75) is 0 Å². The van der Waals surface area contributed by atoms with Crippen LogP contribution in [0.25, 0.3) is 0 Å². The molecule has 0 atom stereocenters. The molecule has 0 saturated heterocycles. The summed E-state index contributed by atoms with van der Waals surface area (Å²) in [7, 11) is 0. The van der Waals surface area contributed by atoms with Crippen molar-refractivity contribution in [2.75, 3.05) is 11.1 Å². The highest BCUT2D eigenvalue weighted by molar-refractivity contribution is 9.09. The van der Waals surface area contributed by atoms with E-state index in [-0.39, 0.29) is 11.0 Å². The molecule has 1 aromatic rings. The third-order valence-corrected chi connectivity index (χ3v) is 2.26. The van der Waals surface area contributed by atoms with Gasteiger partial charge in [-0.3, -0.25) is 14.9 Å². The number of alkyl halides is 1. The van der Waals surface area contributed by atoms with Crippen LogP contribution >= 0.6 is 15.9 Å². The molecule has 0 aliphatic rings. The number of carbonyl (C=O) groups is 1. The molecule has 0 spiro atoms. The van der Waals surface area contributed by atoms with Crippen LogP contribution in [-0.4, -0.2) is 16.0 Å². The normalized spacial score (nSPS) is 10.0. The Morgan fingerprint density at radius 1 is 1.60 bits per heavy atom. The fraction of sp³-hybridized carbons (Fsp3) is 0.125. The van der Waals surface area contributed by atoms with E-state index in [2.05, 4.69) is 15.9 Å². The van der Waals surface area contributed by atoms with E-state index in [0.29, 0.717) is 0 Å². The summed E-state index contributed by atoms with van der Waals surface area (Å²) in [5.74, 6) is -1.82. The highest BCUT2D eigenvalue weighted by Gasteiger charge is 2.23. The number of hydrogen-bond donors (Lipinski definition) is 1. The van der Waals surface area contributed by atoms with Gasteiger partial charge in [-0.15, -0.1) is 0 Å². The van der Waals surface area contributed by atoms with E-state index in [9.17, 15) is 19.3 Å². The molecule has 0 aliphatic carbocycles. The molecule has 0 heterocycles. The Hall–Kier alpha value is -1.50. The molecule has 0 bridgehead atoms. The summed E-state index contributed by atoms with van der Waals surface area (Å²) < 4.78 is 13.5. The molecule has 0 fully saturated rings. The van der Waals surface area contributed by atoms with Crippen molar-refractivity contribution in [1.82, 2.24) is 0 Å². The van der Waals surface area contributed by atoms with Gasteiger partial charge in [0.1, 0.15) is 0 Å². The zero-order chi connectivity index (χ0) is 11.6. The maximum Gasteiger partial charge on any atom is 0.305 e. The minimum atomic E-state index is -1.19. The predicted molar refractivity (Wildman–Crippen MR) is 55.6 cm³/mol. The Morgan fingerprint density at radius 2 is 2.20 bits per heavy atom. The fourth-order valence-electron chi connectivity index (χ4n) is 1.07. The molecule has 15 heavy (non-hydrogen) atoms. The summed E-state index contributed by atoms with van der Waals surface area (Å²) in [5, 5.41) is 10.3. The van der Waals surface area contributed by atoms with Gasteiger partial charge >= 0.3 is 5.69 Å². The van der Waals surface area contributed by atoms with Crippen LogP contribution in [0.15, 0.2) is 12.1 Å². The number of halogens is 2. The van der Waals surface area contributed by atoms with Gasteiger partial charge in [0.05, 0.1) is 15.8 Å². The Balaban J connectivity index is 3.43. The molecule has 7 heteroatoms. The lowest BCUT2D eigenvalue weighted by Crippen LogP contribution is -2.09. The molecule has 0 radical (unpaired) electrons. The van der Waals surface area contributed by atoms with Crippen molar-refractivity contribution in [3.8, 4) is 0 Å². The van der Waals surface area contributed by atoms with Gasteiger partial charge in [0.25, 0.3) is 0 Å². The van der Waals surface area contributed by atoms with Crippen LogP contribution in [-0.2, 0) is 0 Å². The topological polar surface area (TPSA) is 86.2 Å². The first kappa shape index (κ1) is 11.6. The number of nitrogen functional groups attached to an aromatic ring is 1. The van der Waals surface area contributed by atoms with Gasteiger partial charge in [0.2, 0.25) is 5.82 Å². The summed E-state index contributed by atoms with van der Waals surface area (Å²) in [5.41, 5.74) is 4.05. The Labute approximate surface area is 92.3 Å². The molecule has 1 aromatic carbocycles. The highest BCUT2D eigenvalue weighted by atomic mass is 79.9. The number of nitrogens with zero attached hydrogens (tertiary/aromatic N) is 1. The lowest BCUT2D eigenvalue weighted by Gasteiger charge is -2.04. The smallest absolute Gasteiger partial charge is 0.305 e. The second-order valence-electron chi connectivity index (χ2n) is 2.68. The van der Waals surface area contributed by atoms with Gasteiger partial charge in [0.15, 0.2) is 5.78 Å². The second kappa shape index (κ2) is 4.35. The number of nitrogens with two attached hydrogens (primary N) is 1. The summed E-state index contributed by atoms with van der Waals surface area (Å²) in [4.78, 5) is 20.7. The molecule has 0 unspecified atom stereocenters. The molecular formula is C8H6BrFN2O3. The lowest BCUT2D eigenvalue weighted by atomic mass is 10.1. The molecule has 1 rings (SSSR count). The van der Waals surface area contributed by atoms with E-state index >= 15 is 0 Å². The molecule has 5 nitrogen and oxygen atoms in total. The maximum absolute atomic E-state index is 13.5. The minimum Gasteiger partial charge on any atom is -0.398 e. The standard InChI is InChI=1S/C8H6BrFN2O3/c9-3-6(13)7-4(11)1-2-5(8(7)10)12(14)15/h1-2H,3,11H2. The molecule has 0 aromatic heterocycles. The monoisotopic (exact) mass is 276 g/mol. The Kier molecular flexibility index (Phi) is 3.35. The zero-order valence-corrected chi connectivity index (χ0v) is 8.95. The summed E-state index contributed by atoms with van der Waals surface area (Å²) in [6.45, 7) is 0. The number of benzene rings is 1. The molecule has 2 N–H and O–H groups in total. The molecular weight excluding hydrogens is 271 g/mol. The number of carbonyl (C=O) groups excluding carboxylic acids is 1. The first-order chi connectivity index (χ1) is 6.99. The van der Waals surface area contributed by atoms with Crippen LogP contribution in [0.3, 0.4) is 0 Å². The number of ketones is 1. The third kappa shape index (κ3) is 2.12. The maximum atomic E-state index is 13.5. The quantitative estimate of drug-likeness (QED) is 0.300. The predicted octanol–water partition coefficient (Wildman–Crippen LogP) is 1.89. The van der Waals surface area contributed by atoms with Crippen LogP contribution in [0.2, 0.25) is 0 Å². The Bertz CT molecular complexity index is 436. The SMILES string of the molecule is Nc1ccc([N+](=O)[O-])c(F)c1C(=O)CBr. The van der Waals surface area contributed by atoms with Gasteiger partial charge in [-0.25, -0.2) is 0 Å². The number of nitro groups is 1. The van der Waals surface area contributed by atoms with Crippen molar-refractivity contribution in [2.24, 2.45) is 0 Å². The van der Waals surface area contributed by atoms with Gasteiger partial charge in [-0.1, -0.05) is 15.9 Å². The van der Waals surface area contributed by atoms with E-state index in [1.165, 1.54) is 0 Å². The second-order valence-corrected chi connectivity index (χ2v) is 3.24. The van der Waals surface area contributed by atoms with Crippen molar-refractivity contribution in [1.29, 1.82) is 0 Å². The van der Waals surface area contributed by atoms with E-state index in [0.717, 1.165) is 12.1 Å².